The SMILES string of the molecule is CCCc1cc(NCCc2ccc(F)cc2C)ncn1. The van der Waals surface area contributed by atoms with E-state index >= 15 is 0 Å². The highest BCUT2D eigenvalue weighted by molar-refractivity contribution is 5.35. The molecule has 0 aliphatic carbocycles. The van der Waals surface area contributed by atoms with Crippen LogP contribution in [0.3, 0.4) is 0 Å². The van der Waals surface area contributed by atoms with Crippen LogP contribution < -0.4 is 5.32 Å². The van der Waals surface area contributed by atoms with Gasteiger partial charge >= 0.3 is 0 Å². The summed E-state index contributed by atoms with van der Waals surface area (Å²) in [6.07, 6.45) is 4.48. The summed E-state index contributed by atoms with van der Waals surface area (Å²) in [7, 11) is 0. The van der Waals surface area contributed by atoms with Gasteiger partial charge in [-0.3, -0.25) is 0 Å². The highest BCUT2D eigenvalue weighted by atomic mass is 19.1. The number of rotatable bonds is 6. The molecule has 0 aliphatic heterocycles. The zero-order valence-corrected chi connectivity index (χ0v) is 12.0. The van der Waals surface area contributed by atoms with E-state index in [0.29, 0.717) is 0 Å². The molecule has 2 aromatic rings. The molecule has 0 aliphatic rings. The number of halogens is 1. The largest absolute Gasteiger partial charge is 0.370 e. The molecule has 1 aromatic carbocycles. The van der Waals surface area contributed by atoms with Crippen molar-refractivity contribution >= 4 is 5.82 Å². The highest BCUT2D eigenvalue weighted by Gasteiger charge is 2.01. The van der Waals surface area contributed by atoms with Gasteiger partial charge in [0.1, 0.15) is 18.0 Å². The van der Waals surface area contributed by atoms with Gasteiger partial charge < -0.3 is 5.32 Å². The zero-order valence-electron chi connectivity index (χ0n) is 12.0. The second-order valence-electron chi connectivity index (χ2n) is 4.89. The Labute approximate surface area is 119 Å². The highest BCUT2D eigenvalue weighted by Crippen LogP contribution is 2.11. The number of aryl methyl sites for hydroxylation is 2. The van der Waals surface area contributed by atoms with Gasteiger partial charge in [-0.25, -0.2) is 14.4 Å². The summed E-state index contributed by atoms with van der Waals surface area (Å²) in [5, 5.41) is 3.29. The zero-order chi connectivity index (χ0) is 14.4. The van der Waals surface area contributed by atoms with Crippen LogP contribution >= 0.6 is 0 Å². The van der Waals surface area contributed by atoms with Crippen molar-refractivity contribution in [2.45, 2.75) is 33.1 Å². The summed E-state index contributed by atoms with van der Waals surface area (Å²) in [6, 6.07) is 6.90. The van der Waals surface area contributed by atoms with Gasteiger partial charge in [0, 0.05) is 18.3 Å². The van der Waals surface area contributed by atoms with E-state index in [1.807, 2.05) is 19.1 Å². The summed E-state index contributed by atoms with van der Waals surface area (Å²) >= 11 is 0. The number of anilines is 1. The topological polar surface area (TPSA) is 37.8 Å². The van der Waals surface area contributed by atoms with Crippen LogP contribution in [-0.4, -0.2) is 16.5 Å². The lowest BCUT2D eigenvalue weighted by Gasteiger charge is -2.08. The van der Waals surface area contributed by atoms with E-state index in [0.717, 1.165) is 48.4 Å². The summed E-state index contributed by atoms with van der Waals surface area (Å²) in [5.41, 5.74) is 3.20. The first-order valence-electron chi connectivity index (χ1n) is 6.99. The molecule has 0 bridgehead atoms. The van der Waals surface area contributed by atoms with E-state index in [2.05, 4.69) is 22.2 Å². The van der Waals surface area contributed by atoms with Gasteiger partial charge in [-0.2, -0.15) is 0 Å². The average Bonchev–Trinajstić information content (AvgIpc) is 2.42. The monoisotopic (exact) mass is 273 g/mol. The lowest BCUT2D eigenvalue weighted by Crippen LogP contribution is -2.08. The Kier molecular flexibility index (Phi) is 5.04. The van der Waals surface area contributed by atoms with Crippen molar-refractivity contribution in [3.05, 3.63) is 53.2 Å². The maximum absolute atomic E-state index is 13.0. The summed E-state index contributed by atoms with van der Waals surface area (Å²) in [4.78, 5) is 8.43. The van der Waals surface area contributed by atoms with Crippen molar-refractivity contribution in [3.8, 4) is 0 Å². The molecule has 1 heterocycles. The molecule has 0 atom stereocenters. The summed E-state index contributed by atoms with van der Waals surface area (Å²) in [5.74, 6) is 0.669. The number of nitrogens with zero attached hydrogens (tertiary/aromatic N) is 2. The fourth-order valence-corrected chi connectivity index (χ4v) is 2.15. The summed E-state index contributed by atoms with van der Waals surface area (Å²) < 4.78 is 13.0. The molecule has 3 nitrogen and oxygen atoms in total. The number of hydrogen-bond donors (Lipinski definition) is 1. The Morgan fingerprint density at radius 3 is 2.75 bits per heavy atom. The molecule has 2 rings (SSSR count). The number of benzene rings is 1. The quantitative estimate of drug-likeness (QED) is 0.875. The first kappa shape index (κ1) is 14.4. The van der Waals surface area contributed by atoms with Crippen LogP contribution in [0.4, 0.5) is 10.2 Å². The van der Waals surface area contributed by atoms with Crippen LogP contribution in [0.15, 0.2) is 30.6 Å². The van der Waals surface area contributed by atoms with Gasteiger partial charge in [0.25, 0.3) is 0 Å². The minimum Gasteiger partial charge on any atom is -0.370 e. The van der Waals surface area contributed by atoms with Crippen molar-refractivity contribution in [3.63, 3.8) is 0 Å². The van der Waals surface area contributed by atoms with Gasteiger partial charge in [0.05, 0.1) is 0 Å². The first-order chi connectivity index (χ1) is 9.69. The van der Waals surface area contributed by atoms with Gasteiger partial charge in [-0.1, -0.05) is 19.4 Å². The summed E-state index contributed by atoms with van der Waals surface area (Å²) in [6.45, 7) is 4.84. The van der Waals surface area contributed by atoms with Crippen LogP contribution in [0.5, 0.6) is 0 Å². The standard InChI is InChI=1S/C16H20FN3/c1-3-4-15-10-16(20-11-19-15)18-8-7-13-5-6-14(17)9-12(13)2/h5-6,9-11H,3-4,7-8H2,1-2H3,(H,18,19,20). The van der Waals surface area contributed by atoms with E-state index < -0.39 is 0 Å². The number of hydrogen-bond acceptors (Lipinski definition) is 3. The van der Waals surface area contributed by atoms with Crippen molar-refractivity contribution < 1.29 is 4.39 Å². The molecule has 0 saturated carbocycles. The Balaban J connectivity index is 1.90. The normalized spacial score (nSPS) is 10.6. The van der Waals surface area contributed by atoms with Gasteiger partial charge in [0.15, 0.2) is 0 Å². The van der Waals surface area contributed by atoms with E-state index in [-0.39, 0.29) is 5.82 Å². The third kappa shape index (κ3) is 4.02. The molecule has 1 aromatic heterocycles. The molecule has 106 valence electrons. The Morgan fingerprint density at radius 2 is 2.00 bits per heavy atom. The van der Waals surface area contributed by atoms with Crippen LogP contribution in [0.25, 0.3) is 0 Å². The van der Waals surface area contributed by atoms with E-state index in [9.17, 15) is 4.39 Å². The third-order valence-corrected chi connectivity index (χ3v) is 3.23. The van der Waals surface area contributed by atoms with Crippen LogP contribution in [0.2, 0.25) is 0 Å². The first-order valence-corrected chi connectivity index (χ1v) is 6.99. The molecule has 20 heavy (non-hydrogen) atoms. The Bertz CT molecular complexity index is 569. The van der Waals surface area contributed by atoms with Crippen LogP contribution in [0.1, 0.15) is 30.2 Å². The van der Waals surface area contributed by atoms with Crippen LogP contribution in [0, 0.1) is 12.7 Å². The van der Waals surface area contributed by atoms with E-state index in [1.165, 1.54) is 6.07 Å². The van der Waals surface area contributed by atoms with E-state index in [4.69, 9.17) is 0 Å². The maximum Gasteiger partial charge on any atom is 0.129 e. The molecule has 0 fully saturated rings. The molecule has 0 amide bonds. The third-order valence-electron chi connectivity index (χ3n) is 3.23. The van der Waals surface area contributed by atoms with Crippen LogP contribution in [-0.2, 0) is 12.8 Å². The minimum atomic E-state index is -0.181. The van der Waals surface area contributed by atoms with Gasteiger partial charge in [-0.05, 0) is 43.0 Å². The van der Waals surface area contributed by atoms with Crippen molar-refractivity contribution in [1.82, 2.24) is 9.97 Å². The molecule has 0 saturated heterocycles. The molecule has 4 heteroatoms. The van der Waals surface area contributed by atoms with Crippen molar-refractivity contribution in [2.75, 3.05) is 11.9 Å². The molecule has 0 radical (unpaired) electrons. The minimum absolute atomic E-state index is 0.181. The molecular weight excluding hydrogens is 253 g/mol. The second kappa shape index (κ2) is 6.98. The fourth-order valence-electron chi connectivity index (χ4n) is 2.15. The maximum atomic E-state index is 13.0. The van der Waals surface area contributed by atoms with E-state index in [1.54, 1.807) is 12.4 Å². The van der Waals surface area contributed by atoms with Gasteiger partial charge in [0.2, 0.25) is 0 Å². The second-order valence-corrected chi connectivity index (χ2v) is 4.89. The number of nitrogens with one attached hydrogen (secondary N) is 1. The lowest BCUT2D eigenvalue weighted by molar-refractivity contribution is 0.625. The Morgan fingerprint density at radius 1 is 1.15 bits per heavy atom. The average molecular weight is 273 g/mol. The predicted octanol–water partition coefficient (Wildman–Crippen LogP) is 3.53. The van der Waals surface area contributed by atoms with Crippen molar-refractivity contribution in [1.29, 1.82) is 0 Å². The molecule has 1 N–H and O–H groups in total. The lowest BCUT2D eigenvalue weighted by atomic mass is 10.1. The smallest absolute Gasteiger partial charge is 0.129 e. The number of aromatic nitrogens is 2. The molecule has 0 spiro atoms. The molecular formula is C16H20FN3. The predicted molar refractivity (Wildman–Crippen MR) is 79.4 cm³/mol. The molecule has 0 unspecified atom stereocenters. The van der Waals surface area contributed by atoms with Crippen molar-refractivity contribution in [2.24, 2.45) is 0 Å². The van der Waals surface area contributed by atoms with Gasteiger partial charge in [-0.15, -0.1) is 0 Å². The Hall–Kier alpha value is -1.97. The fraction of sp³-hybridized carbons (Fsp3) is 0.375.